The van der Waals surface area contributed by atoms with Gasteiger partial charge in [0.15, 0.2) is 5.82 Å². The zero-order valence-corrected chi connectivity index (χ0v) is 18.9. The maximum atomic E-state index is 13.3. The van der Waals surface area contributed by atoms with Crippen LogP contribution in [-0.4, -0.2) is 29.8 Å². The molecule has 0 radical (unpaired) electrons. The predicted molar refractivity (Wildman–Crippen MR) is 120 cm³/mol. The molecule has 1 N–H and O–H groups in total. The SMILES string of the molecule is CCOc1nc(-c2cccc(C(F)(F)F)c2)n(-c2cccc(NS(=O)(=O)c3ccc(F)cc3)c2)n1. The van der Waals surface area contributed by atoms with Crippen molar-refractivity contribution in [2.75, 3.05) is 11.3 Å². The summed E-state index contributed by atoms with van der Waals surface area (Å²) in [5.74, 6) is -0.512. The number of sulfonamides is 1. The standard InChI is InChI=1S/C23H18F4N4O3S/c1-2-34-22-28-21(15-5-3-6-16(13-15)23(25,26)27)31(29-22)19-8-4-7-18(14-19)30-35(32,33)20-11-9-17(24)10-12-20/h3-14,30H,2H2,1H3. The molecule has 0 saturated heterocycles. The quantitative estimate of drug-likeness (QED) is 0.344. The Bertz CT molecular complexity index is 1450. The number of hydrogen-bond donors (Lipinski definition) is 1. The summed E-state index contributed by atoms with van der Waals surface area (Å²) in [4.78, 5) is 4.07. The van der Waals surface area contributed by atoms with Gasteiger partial charge in [-0.1, -0.05) is 18.2 Å². The van der Waals surface area contributed by atoms with Crippen LogP contribution in [0.15, 0.2) is 77.7 Å². The van der Waals surface area contributed by atoms with Gasteiger partial charge in [0.1, 0.15) is 5.82 Å². The van der Waals surface area contributed by atoms with Crippen LogP contribution in [0.3, 0.4) is 0 Å². The highest BCUT2D eigenvalue weighted by molar-refractivity contribution is 7.92. The van der Waals surface area contributed by atoms with E-state index in [1.807, 2.05) is 0 Å². The van der Waals surface area contributed by atoms with Crippen LogP contribution in [-0.2, 0) is 16.2 Å². The molecule has 7 nitrogen and oxygen atoms in total. The van der Waals surface area contributed by atoms with E-state index >= 15 is 0 Å². The Morgan fingerprint density at radius 3 is 2.40 bits per heavy atom. The van der Waals surface area contributed by atoms with Crippen LogP contribution in [0.2, 0.25) is 0 Å². The van der Waals surface area contributed by atoms with Gasteiger partial charge in [0.25, 0.3) is 10.0 Å². The number of benzene rings is 3. The molecule has 12 heteroatoms. The molecule has 0 atom stereocenters. The van der Waals surface area contributed by atoms with Crippen molar-refractivity contribution in [3.05, 3.63) is 84.2 Å². The van der Waals surface area contributed by atoms with E-state index in [0.29, 0.717) is 5.69 Å². The summed E-state index contributed by atoms with van der Waals surface area (Å²) < 4.78 is 87.3. The molecular formula is C23H18F4N4O3S. The van der Waals surface area contributed by atoms with Gasteiger partial charge in [0.2, 0.25) is 0 Å². The number of hydrogen-bond acceptors (Lipinski definition) is 5. The lowest BCUT2D eigenvalue weighted by molar-refractivity contribution is -0.137. The molecule has 1 heterocycles. The van der Waals surface area contributed by atoms with Crippen molar-refractivity contribution in [1.82, 2.24) is 14.8 Å². The van der Waals surface area contributed by atoms with Crippen LogP contribution in [0.25, 0.3) is 17.1 Å². The lowest BCUT2D eigenvalue weighted by Gasteiger charge is -2.12. The summed E-state index contributed by atoms with van der Waals surface area (Å²) in [6.45, 7) is 1.93. The molecule has 182 valence electrons. The van der Waals surface area contributed by atoms with E-state index in [-0.39, 0.29) is 34.6 Å². The van der Waals surface area contributed by atoms with Gasteiger partial charge in [-0.2, -0.15) is 18.2 Å². The van der Waals surface area contributed by atoms with E-state index in [1.165, 1.54) is 35.0 Å². The molecule has 4 rings (SSSR count). The third kappa shape index (κ3) is 5.43. The molecule has 4 aromatic rings. The van der Waals surface area contributed by atoms with Gasteiger partial charge in [-0.05, 0) is 61.5 Å². The van der Waals surface area contributed by atoms with E-state index in [4.69, 9.17) is 4.74 Å². The Hall–Kier alpha value is -3.93. The van der Waals surface area contributed by atoms with E-state index < -0.39 is 27.6 Å². The zero-order valence-electron chi connectivity index (χ0n) is 18.1. The number of halogens is 4. The van der Waals surface area contributed by atoms with Crippen molar-refractivity contribution in [3.63, 3.8) is 0 Å². The molecule has 0 saturated carbocycles. The summed E-state index contributed by atoms with van der Waals surface area (Å²) in [6.07, 6.45) is -4.55. The maximum absolute atomic E-state index is 13.3. The van der Waals surface area contributed by atoms with Crippen LogP contribution in [0.4, 0.5) is 23.2 Å². The number of anilines is 1. The molecule has 0 aliphatic rings. The van der Waals surface area contributed by atoms with Gasteiger partial charge in [0, 0.05) is 5.56 Å². The first-order chi connectivity index (χ1) is 16.6. The second kappa shape index (κ2) is 9.37. The summed E-state index contributed by atoms with van der Waals surface area (Å²) in [7, 11) is -4.03. The van der Waals surface area contributed by atoms with Crippen molar-refractivity contribution in [2.24, 2.45) is 0 Å². The van der Waals surface area contributed by atoms with Gasteiger partial charge >= 0.3 is 12.2 Å². The fourth-order valence-corrected chi connectivity index (χ4v) is 4.26. The Morgan fingerprint density at radius 1 is 1.00 bits per heavy atom. The lowest BCUT2D eigenvalue weighted by Crippen LogP contribution is -2.13. The van der Waals surface area contributed by atoms with Gasteiger partial charge in [-0.3, -0.25) is 4.72 Å². The summed E-state index contributed by atoms with van der Waals surface area (Å²) in [5, 5.41) is 4.23. The predicted octanol–water partition coefficient (Wildman–Crippen LogP) is 5.29. The van der Waals surface area contributed by atoms with Gasteiger partial charge in [-0.15, -0.1) is 5.10 Å². The van der Waals surface area contributed by atoms with Crippen molar-refractivity contribution in [2.45, 2.75) is 18.0 Å². The van der Waals surface area contributed by atoms with Gasteiger partial charge in [0.05, 0.1) is 28.4 Å². The second-order valence-corrected chi connectivity index (χ2v) is 8.93. The largest absolute Gasteiger partial charge is 0.463 e. The van der Waals surface area contributed by atoms with Crippen LogP contribution >= 0.6 is 0 Å². The molecule has 0 fully saturated rings. The third-order valence-corrected chi connectivity index (χ3v) is 6.17. The van der Waals surface area contributed by atoms with E-state index in [9.17, 15) is 26.0 Å². The maximum Gasteiger partial charge on any atom is 0.416 e. The summed E-state index contributed by atoms with van der Waals surface area (Å²) in [5.41, 5.74) is -0.260. The smallest absolute Gasteiger partial charge is 0.416 e. The Kier molecular flexibility index (Phi) is 6.48. The van der Waals surface area contributed by atoms with Gasteiger partial charge < -0.3 is 4.74 Å². The number of aromatic nitrogens is 3. The minimum absolute atomic E-state index is 0.0581. The van der Waals surface area contributed by atoms with Crippen molar-refractivity contribution in [3.8, 4) is 23.1 Å². The third-order valence-electron chi connectivity index (χ3n) is 4.78. The minimum Gasteiger partial charge on any atom is -0.463 e. The van der Waals surface area contributed by atoms with E-state index in [0.717, 1.165) is 36.4 Å². The average Bonchev–Trinajstić information content (AvgIpc) is 3.23. The molecule has 0 amide bonds. The Labute approximate surface area is 198 Å². The monoisotopic (exact) mass is 506 g/mol. The Morgan fingerprint density at radius 2 is 1.71 bits per heavy atom. The molecule has 35 heavy (non-hydrogen) atoms. The fraction of sp³-hybridized carbons (Fsp3) is 0.130. The highest BCUT2D eigenvalue weighted by atomic mass is 32.2. The van der Waals surface area contributed by atoms with Crippen LogP contribution < -0.4 is 9.46 Å². The van der Waals surface area contributed by atoms with Crippen LogP contribution in [0, 0.1) is 5.82 Å². The topological polar surface area (TPSA) is 86.1 Å². The molecule has 0 bridgehead atoms. The van der Waals surface area contributed by atoms with Crippen molar-refractivity contribution in [1.29, 1.82) is 0 Å². The summed E-state index contributed by atoms with van der Waals surface area (Å²) >= 11 is 0. The molecule has 1 aromatic heterocycles. The van der Waals surface area contributed by atoms with Gasteiger partial charge in [-0.25, -0.2) is 17.5 Å². The molecule has 0 unspecified atom stereocenters. The first kappa shape index (κ1) is 24.2. The molecule has 3 aromatic carbocycles. The average molecular weight is 506 g/mol. The first-order valence-electron chi connectivity index (χ1n) is 10.2. The number of nitrogens with one attached hydrogen (secondary N) is 1. The van der Waals surface area contributed by atoms with Crippen LogP contribution in [0.5, 0.6) is 6.01 Å². The molecule has 0 spiro atoms. The van der Waals surface area contributed by atoms with E-state index in [1.54, 1.807) is 13.0 Å². The second-order valence-electron chi connectivity index (χ2n) is 7.25. The molecule has 0 aliphatic carbocycles. The normalized spacial score (nSPS) is 11.9. The first-order valence-corrected chi connectivity index (χ1v) is 11.7. The number of nitrogens with zero attached hydrogens (tertiary/aromatic N) is 3. The lowest BCUT2D eigenvalue weighted by atomic mass is 10.1. The van der Waals surface area contributed by atoms with Crippen molar-refractivity contribution < 1.29 is 30.7 Å². The molecular weight excluding hydrogens is 488 g/mol. The minimum atomic E-state index is -4.55. The zero-order chi connectivity index (χ0) is 25.2. The Balaban J connectivity index is 1.74. The van der Waals surface area contributed by atoms with E-state index in [2.05, 4.69) is 14.8 Å². The fourth-order valence-electron chi connectivity index (χ4n) is 3.21. The summed E-state index contributed by atoms with van der Waals surface area (Å²) in [6, 6.07) is 14.9. The van der Waals surface area contributed by atoms with Crippen molar-refractivity contribution >= 4 is 15.7 Å². The van der Waals surface area contributed by atoms with Crippen LogP contribution in [0.1, 0.15) is 12.5 Å². The highest BCUT2D eigenvalue weighted by Crippen LogP contribution is 2.33. The number of ether oxygens (including phenoxy) is 1. The molecule has 0 aliphatic heterocycles. The number of alkyl halides is 3. The highest BCUT2D eigenvalue weighted by Gasteiger charge is 2.31. The number of rotatable bonds is 7.